The number of aromatic nitrogens is 2. The van der Waals surface area contributed by atoms with Crippen LogP contribution in [-0.2, 0) is 9.84 Å². The van der Waals surface area contributed by atoms with Gasteiger partial charge in [-0.1, -0.05) is 24.3 Å². The predicted molar refractivity (Wildman–Crippen MR) is 97.5 cm³/mol. The summed E-state index contributed by atoms with van der Waals surface area (Å²) in [6.07, 6.45) is 1.83. The molecule has 0 fully saturated rings. The van der Waals surface area contributed by atoms with E-state index in [1.165, 1.54) is 18.3 Å². The molecule has 0 spiro atoms. The van der Waals surface area contributed by atoms with Crippen molar-refractivity contribution in [2.45, 2.75) is 11.8 Å². The zero-order chi connectivity index (χ0) is 18.7. The number of para-hydroxylation sites is 1. The number of amides is 1. The third-order valence-electron chi connectivity index (χ3n) is 3.68. The Hall–Kier alpha value is -3.13. The summed E-state index contributed by atoms with van der Waals surface area (Å²) in [5, 5.41) is 6.74. The van der Waals surface area contributed by atoms with E-state index in [9.17, 15) is 13.2 Å². The molecule has 2 aromatic carbocycles. The quantitative estimate of drug-likeness (QED) is 0.761. The van der Waals surface area contributed by atoms with Gasteiger partial charge >= 0.3 is 6.09 Å². The number of ether oxygens (including phenoxy) is 1. The van der Waals surface area contributed by atoms with Gasteiger partial charge in [-0.15, -0.1) is 0 Å². The van der Waals surface area contributed by atoms with Crippen LogP contribution in [0, 0.1) is 6.92 Å². The van der Waals surface area contributed by atoms with Crippen molar-refractivity contribution in [3.05, 3.63) is 66.5 Å². The Morgan fingerprint density at radius 2 is 1.85 bits per heavy atom. The number of carbonyl (C=O) groups is 1. The lowest BCUT2D eigenvalue weighted by atomic mass is 10.3. The summed E-state index contributed by atoms with van der Waals surface area (Å²) in [5.41, 5.74) is 1.84. The lowest BCUT2D eigenvalue weighted by molar-refractivity contribution is 0.215. The van der Waals surface area contributed by atoms with Crippen LogP contribution in [-0.4, -0.2) is 30.5 Å². The standard InChI is InChI=1S/C18H17N3O4S/c1-13-17(12-19-21(13)15-8-4-3-5-9-15)25-18(22)20-14-7-6-10-16(11-14)26(2,23)24/h3-12H,1-2H3,(H,20,22). The lowest BCUT2D eigenvalue weighted by Crippen LogP contribution is -2.17. The summed E-state index contributed by atoms with van der Waals surface area (Å²) in [7, 11) is -3.36. The monoisotopic (exact) mass is 371 g/mol. The molecule has 1 N–H and O–H groups in total. The number of hydrogen-bond donors (Lipinski definition) is 1. The van der Waals surface area contributed by atoms with E-state index in [0.29, 0.717) is 17.1 Å². The molecule has 1 heterocycles. The van der Waals surface area contributed by atoms with Crippen molar-refractivity contribution >= 4 is 21.6 Å². The van der Waals surface area contributed by atoms with Crippen molar-refractivity contribution in [1.82, 2.24) is 9.78 Å². The molecule has 7 nitrogen and oxygen atoms in total. The van der Waals surface area contributed by atoms with Gasteiger partial charge in [0.2, 0.25) is 0 Å². The fourth-order valence-corrected chi connectivity index (χ4v) is 3.04. The van der Waals surface area contributed by atoms with E-state index in [2.05, 4.69) is 10.4 Å². The second-order valence-corrected chi connectivity index (χ2v) is 7.67. The van der Waals surface area contributed by atoms with Gasteiger partial charge in [-0.05, 0) is 37.3 Å². The zero-order valence-electron chi connectivity index (χ0n) is 14.2. The van der Waals surface area contributed by atoms with Crippen LogP contribution in [0.2, 0.25) is 0 Å². The first-order chi connectivity index (χ1) is 12.3. The van der Waals surface area contributed by atoms with Crippen LogP contribution in [0.5, 0.6) is 5.75 Å². The molecule has 0 saturated heterocycles. The molecule has 0 aliphatic carbocycles. The summed E-state index contributed by atoms with van der Waals surface area (Å²) in [6, 6.07) is 15.4. The molecule has 26 heavy (non-hydrogen) atoms. The SMILES string of the molecule is Cc1c(OC(=O)Nc2cccc(S(C)(=O)=O)c2)cnn1-c1ccccc1. The Balaban J connectivity index is 1.75. The molecule has 0 saturated carbocycles. The first-order valence-corrected chi connectivity index (χ1v) is 9.63. The summed E-state index contributed by atoms with van der Waals surface area (Å²) < 4.78 is 30.1. The van der Waals surface area contributed by atoms with Gasteiger partial charge < -0.3 is 4.74 Å². The van der Waals surface area contributed by atoms with Crippen LogP contribution < -0.4 is 10.1 Å². The van der Waals surface area contributed by atoms with Crippen LogP contribution in [0.15, 0.2) is 65.7 Å². The number of rotatable bonds is 4. The molecule has 0 radical (unpaired) electrons. The Morgan fingerprint density at radius 3 is 2.54 bits per heavy atom. The molecule has 3 rings (SSSR count). The predicted octanol–water partition coefficient (Wildman–Crippen LogP) is 3.20. The largest absolute Gasteiger partial charge is 0.417 e. The molecule has 1 aromatic heterocycles. The van der Waals surface area contributed by atoms with Crippen LogP contribution >= 0.6 is 0 Å². The third kappa shape index (κ3) is 3.92. The van der Waals surface area contributed by atoms with Crippen LogP contribution in [0.1, 0.15) is 5.69 Å². The maximum absolute atomic E-state index is 12.1. The highest BCUT2D eigenvalue weighted by Gasteiger charge is 2.14. The number of anilines is 1. The number of sulfone groups is 1. The van der Waals surface area contributed by atoms with Crippen LogP contribution in [0.3, 0.4) is 0 Å². The Kier molecular flexibility index (Phi) is 4.77. The van der Waals surface area contributed by atoms with Crippen molar-refractivity contribution in [2.24, 2.45) is 0 Å². The lowest BCUT2D eigenvalue weighted by Gasteiger charge is -2.08. The van der Waals surface area contributed by atoms with Gasteiger partial charge in [0, 0.05) is 11.9 Å². The Morgan fingerprint density at radius 1 is 1.12 bits per heavy atom. The molecule has 3 aromatic rings. The van der Waals surface area contributed by atoms with Gasteiger partial charge in [0.1, 0.15) is 0 Å². The van der Waals surface area contributed by atoms with Gasteiger partial charge in [0.15, 0.2) is 15.6 Å². The van der Waals surface area contributed by atoms with E-state index < -0.39 is 15.9 Å². The summed E-state index contributed by atoms with van der Waals surface area (Å²) in [5.74, 6) is 0.311. The summed E-state index contributed by atoms with van der Waals surface area (Å²) >= 11 is 0. The molecule has 0 atom stereocenters. The van der Waals surface area contributed by atoms with Crippen molar-refractivity contribution in [1.29, 1.82) is 0 Å². The minimum Gasteiger partial charge on any atom is -0.406 e. The first-order valence-electron chi connectivity index (χ1n) is 7.73. The van der Waals surface area contributed by atoms with Gasteiger partial charge in [-0.2, -0.15) is 5.10 Å². The van der Waals surface area contributed by atoms with Gasteiger partial charge in [0.05, 0.1) is 22.5 Å². The van der Waals surface area contributed by atoms with Crippen molar-refractivity contribution in [3.63, 3.8) is 0 Å². The maximum atomic E-state index is 12.1. The van der Waals surface area contributed by atoms with Gasteiger partial charge in [0.25, 0.3) is 0 Å². The smallest absolute Gasteiger partial charge is 0.406 e. The van der Waals surface area contributed by atoms with Crippen molar-refractivity contribution in [2.75, 3.05) is 11.6 Å². The second kappa shape index (κ2) is 7.01. The highest BCUT2D eigenvalue weighted by atomic mass is 32.2. The van der Waals surface area contributed by atoms with Crippen LogP contribution in [0.4, 0.5) is 10.5 Å². The van der Waals surface area contributed by atoms with Gasteiger partial charge in [-0.25, -0.2) is 17.9 Å². The fourth-order valence-electron chi connectivity index (χ4n) is 2.37. The van der Waals surface area contributed by atoms with Crippen LogP contribution in [0.25, 0.3) is 5.69 Å². The van der Waals surface area contributed by atoms with Crippen molar-refractivity contribution in [3.8, 4) is 11.4 Å². The zero-order valence-corrected chi connectivity index (χ0v) is 15.0. The maximum Gasteiger partial charge on any atom is 0.417 e. The van der Waals surface area contributed by atoms with E-state index in [1.54, 1.807) is 23.7 Å². The molecule has 1 amide bonds. The average Bonchev–Trinajstić information content (AvgIpc) is 2.96. The van der Waals surface area contributed by atoms with Crippen molar-refractivity contribution < 1.29 is 17.9 Å². The molecule has 0 bridgehead atoms. The minimum atomic E-state index is -3.36. The van der Waals surface area contributed by atoms with Gasteiger partial charge in [-0.3, -0.25) is 5.32 Å². The molecule has 8 heteroatoms. The van der Waals surface area contributed by atoms with E-state index in [1.807, 2.05) is 30.3 Å². The molecular formula is C18H17N3O4S. The summed E-state index contributed by atoms with van der Waals surface area (Å²) in [6.45, 7) is 1.78. The Labute approximate surface area is 151 Å². The molecule has 134 valence electrons. The third-order valence-corrected chi connectivity index (χ3v) is 4.79. The Bertz CT molecular complexity index is 1040. The second-order valence-electron chi connectivity index (χ2n) is 5.66. The van der Waals surface area contributed by atoms with E-state index in [4.69, 9.17) is 4.74 Å². The molecule has 0 unspecified atom stereocenters. The topological polar surface area (TPSA) is 90.3 Å². The molecule has 0 aliphatic heterocycles. The number of benzene rings is 2. The minimum absolute atomic E-state index is 0.114. The normalized spacial score (nSPS) is 11.2. The highest BCUT2D eigenvalue weighted by Crippen LogP contribution is 2.21. The van der Waals surface area contributed by atoms with E-state index in [-0.39, 0.29) is 4.90 Å². The number of nitrogens with zero attached hydrogens (tertiary/aromatic N) is 2. The fraction of sp³-hybridized carbons (Fsp3) is 0.111. The average molecular weight is 371 g/mol. The number of nitrogens with one attached hydrogen (secondary N) is 1. The summed E-state index contributed by atoms with van der Waals surface area (Å²) in [4.78, 5) is 12.2. The van der Waals surface area contributed by atoms with E-state index in [0.717, 1.165) is 11.9 Å². The molecule has 0 aliphatic rings. The highest BCUT2D eigenvalue weighted by molar-refractivity contribution is 7.90. The van der Waals surface area contributed by atoms with E-state index >= 15 is 0 Å². The number of hydrogen-bond acceptors (Lipinski definition) is 5. The number of carbonyl (C=O) groups excluding carboxylic acids is 1. The first kappa shape index (κ1) is 17.7. The molecular weight excluding hydrogens is 354 g/mol.